The summed E-state index contributed by atoms with van der Waals surface area (Å²) in [7, 11) is 0. The highest BCUT2D eigenvalue weighted by atomic mass is 19.4. The van der Waals surface area contributed by atoms with Gasteiger partial charge in [-0.15, -0.1) is 0 Å². The molecule has 0 amide bonds. The number of aromatic hydroxyl groups is 1. The molecule has 0 saturated carbocycles. The fourth-order valence-corrected chi connectivity index (χ4v) is 2.08. The van der Waals surface area contributed by atoms with E-state index < -0.39 is 11.7 Å². The van der Waals surface area contributed by atoms with Gasteiger partial charge in [0, 0.05) is 12.3 Å². The second-order valence-corrected chi connectivity index (χ2v) is 4.98. The maximum absolute atomic E-state index is 12.5. The lowest BCUT2D eigenvalue weighted by molar-refractivity contribution is -0.137. The molecule has 0 fully saturated rings. The van der Waals surface area contributed by atoms with Gasteiger partial charge in [0.1, 0.15) is 0 Å². The number of hydrogen-bond acceptors (Lipinski definition) is 3. The van der Waals surface area contributed by atoms with Gasteiger partial charge in [0.05, 0.1) is 11.3 Å². The normalized spacial score (nSPS) is 12.0. The van der Waals surface area contributed by atoms with Crippen LogP contribution in [0.25, 0.3) is 18.0 Å². The minimum Gasteiger partial charge on any atom is -0.493 e. The first-order chi connectivity index (χ1) is 11.4. The summed E-state index contributed by atoms with van der Waals surface area (Å²) in [5, 5.41) is 14.1. The van der Waals surface area contributed by atoms with Crippen LogP contribution >= 0.6 is 0 Å². The van der Waals surface area contributed by atoms with Gasteiger partial charge in [-0.25, -0.2) is 4.98 Å². The Morgan fingerprint density at radius 3 is 2.38 bits per heavy atom. The van der Waals surface area contributed by atoms with Crippen molar-refractivity contribution >= 4 is 12.2 Å². The quantitative estimate of drug-likeness (QED) is 0.784. The van der Waals surface area contributed by atoms with Crippen LogP contribution in [0, 0.1) is 0 Å². The summed E-state index contributed by atoms with van der Waals surface area (Å²) in [4.78, 5) is 4.08. The molecule has 24 heavy (non-hydrogen) atoms. The van der Waals surface area contributed by atoms with E-state index in [1.807, 2.05) is 0 Å². The minimum absolute atomic E-state index is 0.0826. The predicted octanol–water partition coefficient (Wildman–Crippen LogP) is 4.16. The monoisotopic (exact) mass is 331 g/mol. The van der Waals surface area contributed by atoms with Gasteiger partial charge in [0.2, 0.25) is 5.88 Å². The molecule has 122 valence electrons. The fourth-order valence-electron chi connectivity index (χ4n) is 2.08. The molecule has 7 heteroatoms. The predicted molar refractivity (Wildman–Crippen MR) is 83.4 cm³/mol. The maximum Gasteiger partial charge on any atom is 0.416 e. The summed E-state index contributed by atoms with van der Waals surface area (Å²) >= 11 is 0. The molecule has 0 aliphatic carbocycles. The van der Waals surface area contributed by atoms with Gasteiger partial charge in [-0.1, -0.05) is 24.3 Å². The second kappa shape index (κ2) is 6.19. The van der Waals surface area contributed by atoms with E-state index in [0.29, 0.717) is 17.1 Å². The summed E-state index contributed by atoms with van der Waals surface area (Å²) in [6, 6.07) is 11.4. The lowest BCUT2D eigenvalue weighted by Crippen LogP contribution is -2.03. The SMILES string of the molecule is Oc1cc(/C=C/c2ccc(C(F)(F)F)cc2)nn1-c1ccccn1. The standard InChI is InChI=1S/C17H12F3N3O/c18-17(19,20)13-7-4-12(5-8-13)6-9-14-11-16(24)23(22-14)15-3-1-2-10-21-15/h1-11,24H/b9-6+. The molecule has 1 N–H and O–H groups in total. The van der Waals surface area contributed by atoms with E-state index in [1.165, 1.54) is 22.9 Å². The Balaban J connectivity index is 1.80. The first kappa shape index (κ1) is 15.8. The molecule has 0 atom stereocenters. The number of benzene rings is 1. The lowest BCUT2D eigenvalue weighted by atomic mass is 10.1. The van der Waals surface area contributed by atoms with Crippen LogP contribution in [-0.4, -0.2) is 19.9 Å². The largest absolute Gasteiger partial charge is 0.493 e. The Morgan fingerprint density at radius 2 is 1.75 bits per heavy atom. The molecule has 0 radical (unpaired) electrons. The third kappa shape index (κ3) is 3.45. The van der Waals surface area contributed by atoms with Crippen molar-refractivity contribution in [3.8, 4) is 11.7 Å². The Labute approximate surface area is 135 Å². The third-order valence-electron chi connectivity index (χ3n) is 3.26. The van der Waals surface area contributed by atoms with E-state index in [4.69, 9.17) is 0 Å². The molecule has 1 aromatic carbocycles. The maximum atomic E-state index is 12.5. The van der Waals surface area contributed by atoms with Gasteiger partial charge in [-0.3, -0.25) is 0 Å². The molecule has 3 aromatic rings. The van der Waals surface area contributed by atoms with Gasteiger partial charge < -0.3 is 5.11 Å². The van der Waals surface area contributed by atoms with E-state index in [9.17, 15) is 18.3 Å². The van der Waals surface area contributed by atoms with Crippen LogP contribution in [0.15, 0.2) is 54.7 Å². The van der Waals surface area contributed by atoms with E-state index in [1.54, 1.807) is 36.5 Å². The number of alkyl halides is 3. The van der Waals surface area contributed by atoms with Gasteiger partial charge >= 0.3 is 6.18 Å². The number of hydrogen-bond donors (Lipinski definition) is 1. The van der Waals surface area contributed by atoms with Crippen molar-refractivity contribution in [2.75, 3.05) is 0 Å². The smallest absolute Gasteiger partial charge is 0.416 e. The molecule has 0 unspecified atom stereocenters. The van der Waals surface area contributed by atoms with Crippen molar-refractivity contribution in [2.24, 2.45) is 0 Å². The van der Waals surface area contributed by atoms with E-state index >= 15 is 0 Å². The molecule has 4 nitrogen and oxygen atoms in total. The molecule has 0 aliphatic rings. The van der Waals surface area contributed by atoms with Crippen LogP contribution < -0.4 is 0 Å². The molecule has 0 aliphatic heterocycles. The number of nitrogens with zero attached hydrogens (tertiary/aromatic N) is 3. The zero-order valence-corrected chi connectivity index (χ0v) is 12.3. The first-order valence-corrected chi connectivity index (χ1v) is 6.99. The molecule has 3 rings (SSSR count). The van der Waals surface area contributed by atoms with Crippen molar-refractivity contribution in [2.45, 2.75) is 6.18 Å². The van der Waals surface area contributed by atoms with Crippen LogP contribution in [0.1, 0.15) is 16.8 Å². The first-order valence-electron chi connectivity index (χ1n) is 6.99. The van der Waals surface area contributed by atoms with Gasteiger partial charge in [-0.2, -0.15) is 23.0 Å². The van der Waals surface area contributed by atoms with E-state index in [-0.39, 0.29) is 5.88 Å². The van der Waals surface area contributed by atoms with Gasteiger partial charge in [-0.05, 0) is 35.9 Å². The van der Waals surface area contributed by atoms with Crippen molar-refractivity contribution in [1.29, 1.82) is 0 Å². The van der Waals surface area contributed by atoms with Crippen molar-refractivity contribution in [3.05, 3.63) is 71.5 Å². The second-order valence-electron chi connectivity index (χ2n) is 4.98. The number of halogens is 3. The van der Waals surface area contributed by atoms with Crippen LogP contribution in [0.4, 0.5) is 13.2 Å². The molecule has 2 aromatic heterocycles. The molecule has 0 bridgehead atoms. The highest BCUT2D eigenvalue weighted by Gasteiger charge is 2.29. The van der Waals surface area contributed by atoms with Gasteiger partial charge in [0.15, 0.2) is 5.82 Å². The Bertz CT molecular complexity index is 853. The van der Waals surface area contributed by atoms with Gasteiger partial charge in [0.25, 0.3) is 0 Å². The molecular formula is C17H12F3N3O. The number of aromatic nitrogens is 3. The Morgan fingerprint density at radius 1 is 1.00 bits per heavy atom. The summed E-state index contributed by atoms with van der Waals surface area (Å²) in [5.74, 6) is 0.380. The van der Waals surface area contributed by atoms with E-state index in [0.717, 1.165) is 12.1 Å². The molecule has 0 spiro atoms. The van der Waals surface area contributed by atoms with Crippen LogP contribution in [-0.2, 0) is 6.18 Å². The summed E-state index contributed by atoms with van der Waals surface area (Å²) in [6.45, 7) is 0. The summed E-state index contributed by atoms with van der Waals surface area (Å²) < 4.78 is 38.8. The number of pyridine rings is 1. The Kier molecular flexibility index (Phi) is 4.07. The summed E-state index contributed by atoms with van der Waals surface area (Å²) in [5.41, 5.74) is 0.352. The van der Waals surface area contributed by atoms with Crippen LogP contribution in [0.2, 0.25) is 0 Å². The minimum atomic E-state index is -4.35. The zero-order chi connectivity index (χ0) is 17.2. The summed E-state index contributed by atoms with van der Waals surface area (Å²) in [6.07, 6.45) is 0.441. The average molecular weight is 331 g/mol. The Hall–Kier alpha value is -3.09. The average Bonchev–Trinajstić information content (AvgIpc) is 2.94. The fraction of sp³-hybridized carbons (Fsp3) is 0.0588. The highest BCUT2D eigenvalue weighted by molar-refractivity contribution is 5.68. The molecular weight excluding hydrogens is 319 g/mol. The van der Waals surface area contributed by atoms with Crippen molar-refractivity contribution in [3.63, 3.8) is 0 Å². The van der Waals surface area contributed by atoms with Crippen LogP contribution in [0.5, 0.6) is 5.88 Å². The van der Waals surface area contributed by atoms with Crippen LogP contribution in [0.3, 0.4) is 0 Å². The van der Waals surface area contributed by atoms with E-state index in [2.05, 4.69) is 10.1 Å². The molecule has 0 saturated heterocycles. The topological polar surface area (TPSA) is 50.9 Å². The van der Waals surface area contributed by atoms with Crippen molar-refractivity contribution in [1.82, 2.24) is 14.8 Å². The number of rotatable bonds is 3. The third-order valence-corrected chi connectivity index (χ3v) is 3.26. The highest BCUT2D eigenvalue weighted by Crippen LogP contribution is 2.29. The lowest BCUT2D eigenvalue weighted by Gasteiger charge is -2.05. The molecule has 2 heterocycles. The zero-order valence-electron chi connectivity index (χ0n) is 12.3. The van der Waals surface area contributed by atoms with Crippen molar-refractivity contribution < 1.29 is 18.3 Å².